The summed E-state index contributed by atoms with van der Waals surface area (Å²) in [7, 11) is 0. The average molecular weight is 309 g/mol. The zero-order valence-electron chi connectivity index (χ0n) is 10.1. The van der Waals surface area contributed by atoms with E-state index in [0.29, 0.717) is 10.2 Å². The zero-order chi connectivity index (χ0) is 13.0. The normalized spacial score (nSPS) is 10.4. The predicted molar refractivity (Wildman–Crippen MR) is 74.6 cm³/mol. The van der Waals surface area contributed by atoms with Gasteiger partial charge in [-0.3, -0.25) is 0 Å². The summed E-state index contributed by atoms with van der Waals surface area (Å²) >= 11 is 3.28. The Labute approximate surface area is 115 Å². The second-order valence-corrected chi connectivity index (χ2v) is 4.90. The molecular weight excluding hydrogens is 295 g/mol. The Balaban J connectivity index is 2.18. The molecular formula is C15H14BrFO. The lowest BCUT2D eigenvalue weighted by atomic mass is 10.1. The summed E-state index contributed by atoms with van der Waals surface area (Å²) in [6.07, 6.45) is 2.16. The number of aryl methyl sites for hydroxylation is 1. The molecule has 3 heteroatoms. The van der Waals surface area contributed by atoms with Crippen LogP contribution in [0, 0.1) is 5.82 Å². The lowest BCUT2D eigenvalue weighted by Crippen LogP contribution is -1.90. The van der Waals surface area contributed by atoms with Crippen molar-refractivity contribution in [1.29, 1.82) is 0 Å². The molecule has 0 saturated heterocycles. The van der Waals surface area contributed by atoms with Gasteiger partial charge in [-0.2, -0.15) is 0 Å². The molecule has 0 aliphatic rings. The highest BCUT2D eigenvalue weighted by atomic mass is 79.9. The smallest absolute Gasteiger partial charge is 0.177 e. The number of ether oxygens (including phenoxy) is 1. The molecule has 0 spiro atoms. The van der Waals surface area contributed by atoms with Crippen LogP contribution in [0.1, 0.15) is 18.9 Å². The third-order valence-electron chi connectivity index (χ3n) is 2.60. The van der Waals surface area contributed by atoms with E-state index >= 15 is 0 Å². The van der Waals surface area contributed by atoms with Gasteiger partial charge in [-0.15, -0.1) is 0 Å². The maximum absolute atomic E-state index is 13.6. The summed E-state index contributed by atoms with van der Waals surface area (Å²) in [6, 6.07) is 12.5. The van der Waals surface area contributed by atoms with Gasteiger partial charge in [0.05, 0.1) is 4.47 Å². The van der Waals surface area contributed by atoms with Crippen LogP contribution in [0.2, 0.25) is 0 Å². The van der Waals surface area contributed by atoms with Crippen molar-refractivity contribution < 1.29 is 9.13 Å². The minimum absolute atomic E-state index is 0.223. The van der Waals surface area contributed by atoms with E-state index in [2.05, 4.69) is 22.9 Å². The van der Waals surface area contributed by atoms with E-state index in [9.17, 15) is 4.39 Å². The number of hydrogen-bond donors (Lipinski definition) is 0. The lowest BCUT2D eigenvalue weighted by Gasteiger charge is -2.09. The molecule has 94 valence electrons. The van der Waals surface area contributed by atoms with Crippen LogP contribution in [0.4, 0.5) is 4.39 Å². The van der Waals surface area contributed by atoms with Gasteiger partial charge in [-0.25, -0.2) is 4.39 Å². The molecule has 0 aromatic heterocycles. The molecule has 0 N–H and O–H groups in total. The van der Waals surface area contributed by atoms with Crippen molar-refractivity contribution in [3.63, 3.8) is 0 Å². The van der Waals surface area contributed by atoms with Crippen LogP contribution >= 0.6 is 15.9 Å². The number of halogens is 2. The Bertz CT molecular complexity index is 502. The van der Waals surface area contributed by atoms with Gasteiger partial charge in [0.1, 0.15) is 5.75 Å². The highest BCUT2D eigenvalue weighted by Gasteiger charge is 2.08. The molecule has 18 heavy (non-hydrogen) atoms. The van der Waals surface area contributed by atoms with E-state index in [0.717, 1.165) is 12.8 Å². The molecule has 0 heterocycles. The topological polar surface area (TPSA) is 9.23 Å². The first-order valence-corrected chi connectivity index (χ1v) is 6.71. The van der Waals surface area contributed by atoms with Crippen LogP contribution in [0.5, 0.6) is 11.5 Å². The Morgan fingerprint density at radius 1 is 1.11 bits per heavy atom. The quantitative estimate of drug-likeness (QED) is 0.741. The molecule has 2 aromatic carbocycles. The van der Waals surface area contributed by atoms with Crippen LogP contribution in [0.25, 0.3) is 0 Å². The highest BCUT2D eigenvalue weighted by Crippen LogP contribution is 2.32. The summed E-state index contributed by atoms with van der Waals surface area (Å²) in [5, 5.41) is 0. The van der Waals surface area contributed by atoms with Gasteiger partial charge in [0, 0.05) is 0 Å². The molecule has 0 fully saturated rings. The molecule has 2 aromatic rings. The number of hydrogen-bond acceptors (Lipinski definition) is 1. The minimum atomic E-state index is -0.373. The van der Waals surface area contributed by atoms with Gasteiger partial charge in [-0.1, -0.05) is 31.5 Å². The average Bonchev–Trinajstić information content (AvgIpc) is 2.36. The molecule has 2 rings (SSSR count). The van der Waals surface area contributed by atoms with Gasteiger partial charge in [0.15, 0.2) is 11.6 Å². The van der Waals surface area contributed by atoms with E-state index in [4.69, 9.17) is 4.74 Å². The van der Waals surface area contributed by atoms with Crippen LogP contribution in [-0.4, -0.2) is 0 Å². The van der Waals surface area contributed by atoms with Gasteiger partial charge < -0.3 is 4.74 Å². The maximum atomic E-state index is 13.6. The SMILES string of the molecule is CCCc1ccc(Oc2c(F)cccc2Br)cc1. The molecule has 0 saturated carbocycles. The zero-order valence-corrected chi connectivity index (χ0v) is 11.7. The minimum Gasteiger partial charge on any atom is -0.453 e. The summed E-state index contributed by atoms with van der Waals surface area (Å²) in [4.78, 5) is 0. The fraction of sp³-hybridized carbons (Fsp3) is 0.200. The fourth-order valence-corrected chi connectivity index (χ4v) is 2.13. The molecule has 0 unspecified atom stereocenters. The second kappa shape index (κ2) is 6.01. The number of benzene rings is 2. The van der Waals surface area contributed by atoms with Crippen molar-refractivity contribution in [3.8, 4) is 11.5 Å². The summed E-state index contributed by atoms with van der Waals surface area (Å²) in [5.74, 6) is 0.489. The third kappa shape index (κ3) is 3.10. The van der Waals surface area contributed by atoms with Gasteiger partial charge in [-0.05, 0) is 52.2 Å². The first-order chi connectivity index (χ1) is 8.70. The molecule has 1 nitrogen and oxygen atoms in total. The first kappa shape index (κ1) is 13.1. The standard InChI is InChI=1S/C15H14BrFO/c1-2-4-11-7-9-12(10-8-11)18-15-13(16)5-3-6-14(15)17/h3,5-10H,2,4H2,1H3. The highest BCUT2D eigenvalue weighted by molar-refractivity contribution is 9.10. The Morgan fingerprint density at radius 3 is 2.44 bits per heavy atom. The maximum Gasteiger partial charge on any atom is 0.177 e. The number of rotatable bonds is 4. The molecule has 0 amide bonds. The number of para-hydroxylation sites is 1. The summed E-state index contributed by atoms with van der Waals surface area (Å²) in [6.45, 7) is 2.14. The first-order valence-electron chi connectivity index (χ1n) is 5.91. The van der Waals surface area contributed by atoms with E-state index in [1.54, 1.807) is 12.1 Å². The third-order valence-corrected chi connectivity index (χ3v) is 3.23. The Kier molecular flexibility index (Phi) is 4.37. The second-order valence-electron chi connectivity index (χ2n) is 4.05. The van der Waals surface area contributed by atoms with E-state index < -0.39 is 0 Å². The summed E-state index contributed by atoms with van der Waals surface area (Å²) in [5.41, 5.74) is 1.26. The van der Waals surface area contributed by atoms with Crippen LogP contribution in [-0.2, 0) is 6.42 Å². The largest absolute Gasteiger partial charge is 0.453 e. The van der Waals surface area contributed by atoms with Crippen LogP contribution in [0.3, 0.4) is 0 Å². The Hall–Kier alpha value is -1.35. The van der Waals surface area contributed by atoms with Crippen molar-refractivity contribution in [2.24, 2.45) is 0 Å². The predicted octanol–water partition coefficient (Wildman–Crippen LogP) is 5.33. The van der Waals surface area contributed by atoms with E-state index in [-0.39, 0.29) is 11.6 Å². The molecule has 0 radical (unpaired) electrons. The van der Waals surface area contributed by atoms with E-state index in [1.165, 1.54) is 11.6 Å². The summed E-state index contributed by atoms with van der Waals surface area (Å²) < 4.78 is 19.7. The van der Waals surface area contributed by atoms with Crippen molar-refractivity contribution >= 4 is 15.9 Å². The van der Waals surface area contributed by atoms with Crippen LogP contribution in [0.15, 0.2) is 46.9 Å². The van der Waals surface area contributed by atoms with Gasteiger partial charge >= 0.3 is 0 Å². The van der Waals surface area contributed by atoms with Crippen molar-refractivity contribution in [1.82, 2.24) is 0 Å². The lowest BCUT2D eigenvalue weighted by molar-refractivity contribution is 0.439. The van der Waals surface area contributed by atoms with E-state index in [1.807, 2.05) is 24.3 Å². The molecule has 0 aliphatic heterocycles. The van der Waals surface area contributed by atoms with Crippen molar-refractivity contribution in [3.05, 3.63) is 58.3 Å². The van der Waals surface area contributed by atoms with Crippen molar-refractivity contribution in [2.45, 2.75) is 19.8 Å². The monoisotopic (exact) mass is 308 g/mol. The molecule has 0 bridgehead atoms. The van der Waals surface area contributed by atoms with Crippen LogP contribution < -0.4 is 4.74 Å². The Morgan fingerprint density at radius 2 is 1.83 bits per heavy atom. The van der Waals surface area contributed by atoms with Crippen molar-refractivity contribution in [2.75, 3.05) is 0 Å². The van der Waals surface area contributed by atoms with Gasteiger partial charge in [0.2, 0.25) is 0 Å². The fourth-order valence-electron chi connectivity index (χ4n) is 1.71. The van der Waals surface area contributed by atoms with Gasteiger partial charge in [0.25, 0.3) is 0 Å². The molecule has 0 atom stereocenters. The molecule has 0 aliphatic carbocycles.